The molecule has 0 N–H and O–H groups in total. The van der Waals surface area contributed by atoms with E-state index in [-0.39, 0.29) is 23.9 Å². The number of allylic oxidation sites excluding steroid dienone is 2. The van der Waals surface area contributed by atoms with E-state index in [4.69, 9.17) is 9.47 Å². The van der Waals surface area contributed by atoms with E-state index in [9.17, 15) is 9.59 Å². The highest BCUT2D eigenvalue weighted by atomic mass is 16.5. The zero-order valence-electron chi connectivity index (χ0n) is 25.7. The van der Waals surface area contributed by atoms with Gasteiger partial charge < -0.3 is 14.4 Å². The van der Waals surface area contributed by atoms with Crippen molar-refractivity contribution in [2.45, 2.75) is 97.0 Å². The van der Waals surface area contributed by atoms with Crippen molar-refractivity contribution in [1.29, 1.82) is 0 Å². The fourth-order valence-electron chi connectivity index (χ4n) is 9.80. The Kier molecular flexibility index (Phi) is 7.72. The molecule has 0 saturated heterocycles. The minimum Gasteiger partial charge on any atom is -0.457 e. The van der Waals surface area contributed by atoms with Crippen molar-refractivity contribution in [2.75, 3.05) is 25.6 Å². The number of hydrogen-bond donors (Lipinski definition) is 0. The first-order valence-electron chi connectivity index (χ1n) is 16.1. The lowest BCUT2D eigenvalue weighted by Gasteiger charge is -2.60. The van der Waals surface area contributed by atoms with Crippen molar-refractivity contribution < 1.29 is 19.1 Å². The van der Waals surface area contributed by atoms with Crippen LogP contribution in [0.15, 0.2) is 36.6 Å². The topological polar surface area (TPSA) is 55.8 Å². The summed E-state index contributed by atoms with van der Waals surface area (Å²) in [5.41, 5.74) is 3.89. The fourth-order valence-corrected chi connectivity index (χ4v) is 9.80. The first-order valence-corrected chi connectivity index (χ1v) is 16.1. The molecule has 0 unspecified atom stereocenters. The summed E-state index contributed by atoms with van der Waals surface area (Å²) in [6.07, 6.45) is 14.3. The van der Waals surface area contributed by atoms with Gasteiger partial charge in [0.15, 0.2) is 5.78 Å². The number of rotatable bonds is 8. The van der Waals surface area contributed by atoms with E-state index in [2.05, 4.69) is 43.5 Å². The van der Waals surface area contributed by atoms with Crippen LogP contribution in [0.3, 0.4) is 0 Å². The summed E-state index contributed by atoms with van der Waals surface area (Å²) in [7, 11) is 4.04. The molecule has 1 aliphatic heterocycles. The van der Waals surface area contributed by atoms with E-state index < -0.39 is 0 Å². The van der Waals surface area contributed by atoms with E-state index in [0.717, 1.165) is 67.4 Å². The Morgan fingerprint density at radius 2 is 1.88 bits per heavy atom. The van der Waals surface area contributed by atoms with Gasteiger partial charge in [-0.15, -0.1) is 0 Å². The Labute approximate surface area is 246 Å². The molecule has 7 atom stereocenters. The molecule has 0 spiro atoms. The van der Waals surface area contributed by atoms with Crippen LogP contribution in [0.2, 0.25) is 0 Å². The van der Waals surface area contributed by atoms with Gasteiger partial charge in [0, 0.05) is 50.7 Å². The zero-order valence-corrected chi connectivity index (χ0v) is 25.7. The van der Waals surface area contributed by atoms with Crippen LogP contribution in [-0.4, -0.2) is 38.4 Å². The lowest BCUT2D eigenvalue weighted by molar-refractivity contribution is -0.148. The van der Waals surface area contributed by atoms with Crippen LogP contribution in [0, 0.1) is 34.5 Å². The van der Waals surface area contributed by atoms with Crippen molar-refractivity contribution in [1.82, 2.24) is 0 Å². The van der Waals surface area contributed by atoms with Gasteiger partial charge >= 0.3 is 0 Å². The van der Waals surface area contributed by atoms with Crippen LogP contribution in [0.4, 0.5) is 5.69 Å². The number of hydrogen-bond acceptors (Lipinski definition) is 5. The van der Waals surface area contributed by atoms with Crippen LogP contribution in [0.5, 0.6) is 5.75 Å². The molecule has 1 heterocycles. The van der Waals surface area contributed by atoms with Crippen LogP contribution in [-0.2, 0) is 14.3 Å². The minimum atomic E-state index is 0.178. The molecule has 5 nitrogen and oxygen atoms in total. The second kappa shape index (κ2) is 11.0. The van der Waals surface area contributed by atoms with Crippen molar-refractivity contribution in [3.05, 3.63) is 42.2 Å². The summed E-state index contributed by atoms with van der Waals surface area (Å²) in [4.78, 5) is 27.2. The van der Waals surface area contributed by atoms with Gasteiger partial charge in [-0.05, 0) is 116 Å². The molecule has 6 rings (SSSR count). The number of fused-ring (bicyclic) bond motifs is 6. The molecule has 41 heavy (non-hydrogen) atoms. The minimum absolute atomic E-state index is 0.178. The molecular weight excluding hydrogens is 510 g/mol. The number of carbonyl (C=O) groups excluding carboxylic acids is 2. The SMILES string of the molecule is C=C1C=C(CCCC(=O)CO[C@H]2CC[C@H]3[C@@H]4CC[C@H]5CC(=O)CC[C@]5(C)[C@H]4CC[C@]23C)c2ccc(N(C)C)cc2O1. The summed E-state index contributed by atoms with van der Waals surface area (Å²) in [6.45, 7) is 9.24. The highest BCUT2D eigenvalue weighted by Crippen LogP contribution is 2.66. The van der Waals surface area contributed by atoms with E-state index in [1.807, 2.05) is 20.2 Å². The second-order valence-electron chi connectivity index (χ2n) is 14.5. The third-order valence-corrected chi connectivity index (χ3v) is 12.1. The van der Waals surface area contributed by atoms with Crippen LogP contribution in [0.1, 0.15) is 96.5 Å². The van der Waals surface area contributed by atoms with Crippen LogP contribution >= 0.6 is 0 Å². The Morgan fingerprint density at radius 1 is 1.07 bits per heavy atom. The average molecular weight is 560 g/mol. The molecule has 0 aromatic heterocycles. The molecule has 4 aliphatic carbocycles. The quantitative estimate of drug-likeness (QED) is 0.326. The Hall–Kier alpha value is -2.40. The number of carbonyl (C=O) groups is 2. The maximum absolute atomic E-state index is 13.0. The predicted molar refractivity (Wildman–Crippen MR) is 164 cm³/mol. The van der Waals surface area contributed by atoms with Gasteiger partial charge in [-0.2, -0.15) is 0 Å². The summed E-state index contributed by atoms with van der Waals surface area (Å²) in [6, 6.07) is 6.27. The lowest BCUT2D eigenvalue weighted by Crippen LogP contribution is -2.54. The fraction of sp³-hybridized carbons (Fsp3) is 0.667. The predicted octanol–water partition coefficient (Wildman–Crippen LogP) is 7.78. The Balaban J connectivity index is 1.02. The maximum atomic E-state index is 13.0. The smallest absolute Gasteiger partial charge is 0.158 e. The Bertz CT molecular complexity index is 1250. The van der Waals surface area contributed by atoms with E-state index in [0.29, 0.717) is 35.2 Å². The van der Waals surface area contributed by atoms with E-state index >= 15 is 0 Å². The maximum Gasteiger partial charge on any atom is 0.158 e. The van der Waals surface area contributed by atoms with Gasteiger partial charge in [0.1, 0.15) is 23.9 Å². The molecule has 5 aliphatic rings. The number of anilines is 1. The van der Waals surface area contributed by atoms with Gasteiger partial charge in [-0.1, -0.05) is 20.4 Å². The van der Waals surface area contributed by atoms with Crippen molar-refractivity contribution in [2.24, 2.45) is 34.5 Å². The van der Waals surface area contributed by atoms with E-state index in [1.54, 1.807) is 0 Å². The first kappa shape index (κ1) is 28.7. The standard InChI is InChI=1S/C36H49NO4/c1-23-19-24(29-12-10-26(37(4)5)21-33(29)41-23)7-6-8-28(39)22-40-34-14-13-31-30-11-9-25-20-27(38)15-17-35(25,2)32(30)16-18-36(31,34)3/h10,12,19,21,25,30-32,34H,1,6-9,11,13-18,20,22H2,2-5H3/t25-,30-,31-,32-,34-,35-,36-/m0/s1. The number of ether oxygens (including phenoxy) is 2. The molecule has 1 aromatic carbocycles. The first-order chi connectivity index (χ1) is 19.6. The third kappa shape index (κ3) is 5.21. The van der Waals surface area contributed by atoms with E-state index in [1.165, 1.54) is 37.7 Å². The van der Waals surface area contributed by atoms with Crippen LogP contribution in [0.25, 0.3) is 5.57 Å². The molecule has 0 amide bonds. The van der Waals surface area contributed by atoms with Gasteiger partial charge in [0.05, 0.1) is 6.10 Å². The molecule has 222 valence electrons. The monoisotopic (exact) mass is 559 g/mol. The normalized spacial score (nSPS) is 35.9. The molecular formula is C36H49NO4. The average Bonchev–Trinajstić information content (AvgIpc) is 3.28. The van der Waals surface area contributed by atoms with Crippen LogP contribution < -0.4 is 9.64 Å². The van der Waals surface area contributed by atoms with Gasteiger partial charge in [0.2, 0.25) is 0 Å². The summed E-state index contributed by atoms with van der Waals surface area (Å²) in [5.74, 6) is 4.99. The lowest BCUT2D eigenvalue weighted by atomic mass is 9.45. The molecule has 0 radical (unpaired) electrons. The summed E-state index contributed by atoms with van der Waals surface area (Å²) < 4.78 is 12.4. The summed E-state index contributed by atoms with van der Waals surface area (Å²) in [5, 5.41) is 0. The van der Waals surface area contributed by atoms with Gasteiger partial charge in [0.25, 0.3) is 0 Å². The van der Waals surface area contributed by atoms with Gasteiger partial charge in [-0.3, -0.25) is 9.59 Å². The van der Waals surface area contributed by atoms with Crippen molar-refractivity contribution in [3.8, 4) is 5.75 Å². The largest absolute Gasteiger partial charge is 0.457 e. The highest BCUT2D eigenvalue weighted by Gasteiger charge is 2.60. The summed E-state index contributed by atoms with van der Waals surface area (Å²) >= 11 is 0. The second-order valence-corrected chi connectivity index (χ2v) is 14.5. The number of nitrogens with zero attached hydrogens (tertiary/aromatic N) is 1. The van der Waals surface area contributed by atoms with Gasteiger partial charge in [-0.25, -0.2) is 0 Å². The number of benzene rings is 1. The number of ketones is 2. The molecule has 5 heteroatoms. The zero-order chi connectivity index (χ0) is 28.9. The highest BCUT2D eigenvalue weighted by molar-refractivity contribution is 5.81. The van der Waals surface area contributed by atoms with Crippen molar-refractivity contribution >= 4 is 22.8 Å². The van der Waals surface area contributed by atoms with Crippen molar-refractivity contribution in [3.63, 3.8) is 0 Å². The molecule has 0 bridgehead atoms. The number of Topliss-reactive ketones (excluding diaryl/α,β-unsaturated/α-hetero) is 2. The molecule has 1 aromatic rings. The molecule has 4 fully saturated rings. The third-order valence-electron chi connectivity index (χ3n) is 12.1. The molecule has 4 saturated carbocycles. The Morgan fingerprint density at radius 3 is 2.68 bits per heavy atom.